The number of amides is 2. The fraction of sp³-hybridized carbons (Fsp3) is 0.485. The van der Waals surface area contributed by atoms with E-state index in [-0.39, 0.29) is 18.4 Å². The van der Waals surface area contributed by atoms with Crippen LogP contribution in [0, 0.1) is 0 Å². The summed E-state index contributed by atoms with van der Waals surface area (Å²) in [5.74, 6) is 0.141. The smallest absolute Gasteiger partial charge is 0.253 e. The van der Waals surface area contributed by atoms with Crippen molar-refractivity contribution in [3.63, 3.8) is 0 Å². The quantitative estimate of drug-likeness (QED) is 0.388. The Kier molecular flexibility index (Phi) is 10.7. The summed E-state index contributed by atoms with van der Waals surface area (Å²) in [6, 6.07) is 14.1. The first-order valence-corrected chi connectivity index (χ1v) is 14.7. The van der Waals surface area contributed by atoms with Gasteiger partial charge in [-0.3, -0.25) is 14.6 Å². The summed E-state index contributed by atoms with van der Waals surface area (Å²) in [4.78, 5) is 37.5. The van der Waals surface area contributed by atoms with Crippen molar-refractivity contribution >= 4 is 29.3 Å². The number of hydrogen-bond acceptors (Lipinski definition) is 5. The summed E-state index contributed by atoms with van der Waals surface area (Å²) in [6.07, 6.45) is 7.94. The van der Waals surface area contributed by atoms with Crippen LogP contribution in [-0.4, -0.2) is 90.8 Å². The van der Waals surface area contributed by atoms with E-state index in [9.17, 15) is 14.7 Å². The molecule has 0 bridgehead atoms. The monoisotopic (exact) mass is 544 g/mol. The van der Waals surface area contributed by atoms with E-state index < -0.39 is 0 Å². The second kappa shape index (κ2) is 14.4. The van der Waals surface area contributed by atoms with Gasteiger partial charge in [0.2, 0.25) is 5.91 Å². The Labute approximate surface area is 239 Å². The third-order valence-electron chi connectivity index (χ3n) is 7.60. The highest BCUT2D eigenvalue weighted by Crippen LogP contribution is 2.33. The number of nitrogens with zero attached hydrogens (tertiary/aromatic N) is 4. The number of rotatable bonds is 12. The van der Waals surface area contributed by atoms with Crippen LogP contribution in [0.4, 0.5) is 5.69 Å². The highest BCUT2D eigenvalue weighted by molar-refractivity contribution is 6.06. The van der Waals surface area contributed by atoms with E-state index in [0.717, 1.165) is 91.0 Å². The van der Waals surface area contributed by atoms with E-state index in [0.29, 0.717) is 25.9 Å². The molecule has 214 valence electrons. The topological polar surface area (TPSA) is 76.5 Å². The molecular formula is C33H44N4O3. The average molecular weight is 545 g/mol. The molecule has 1 N–H and O–H groups in total. The van der Waals surface area contributed by atoms with Crippen molar-refractivity contribution in [2.24, 2.45) is 4.99 Å². The van der Waals surface area contributed by atoms with E-state index in [1.165, 1.54) is 0 Å². The summed E-state index contributed by atoms with van der Waals surface area (Å²) in [5, 5.41) is 9.35. The van der Waals surface area contributed by atoms with Crippen LogP contribution in [0.1, 0.15) is 67.8 Å². The van der Waals surface area contributed by atoms with Gasteiger partial charge in [-0.25, -0.2) is 0 Å². The van der Waals surface area contributed by atoms with Crippen LogP contribution < -0.4 is 0 Å². The van der Waals surface area contributed by atoms with Crippen LogP contribution in [0.3, 0.4) is 0 Å². The Hall–Kier alpha value is -3.29. The van der Waals surface area contributed by atoms with Crippen molar-refractivity contribution < 1.29 is 14.7 Å². The Morgan fingerprint density at radius 1 is 0.950 bits per heavy atom. The lowest BCUT2D eigenvalue weighted by atomic mass is 9.99. The normalized spacial score (nSPS) is 15.0. The molecule has 40 heavy (non-hydrogen) atoms. The van der Waals surface area contributed by atoms with Gasteiger partial charge in [-0.15, -0.1) is 0 Å². The minimum atomic E-state index is 0.0331. The Balaban J connectivity index is 1.62. The number of carbonyl (C=O) groups is 2. The summed E-state index contributed by atoms with van der Waals surface area (Å²) >= 11 is 0. The molecule has 1 fully saturated rings. The summed E-state index contributed by atoms with van der Waals surface area (Å²) in [7, 11) is 4.14. The van der Waals surface area contributed by atoms with Gasteiger partial charge in [-0.05, 0) is 94.6 Å². The first-order valence-electron chi connectivity index (χ1n) is 14.7. The van der Waals surface area contributed by atoms with Gasteiger partial charge in [0.25, 0.3) is 5.91 Å². The maximum atomic E-state index is 13.6. The number of carbonyl (C=O) groups excluding carboxylic acids is 2. The maximum Gasteiger partial charge on any atom is 0.253 e. The Morgan fingerprint density at radius 2 is 1.68 bits per heavy atom. The number of aliphatic hydroxyl groups is 1. The van der Waals surface area contributed by atoms with Crippen LogP contribution in [0.5, 0.6) is 0 Å². The van der Waals surface area contributed by atoms with E-state index in [2.05, 4.69) is 38.1 Å². The largest absolute Gasteiger partial charge is 0.396 e. The van der Waals surface area contributed by atoms with Gasteiger partial charge in [-0.1, -0.05) is 31.2 Å². The van der Waals surface area contributed by atoms with Crippen LogP contribution in [0.25, 0.3) is 17.2 Å². The van der Waals surface area contributed by atoms with Gasteiger partial charge in [-0.2, -0.15) is 0 Å². The first-order chi connectivity index (χ1) is 19.4. The molecular weight excluding hydrogens is 500 g/mol. The molecule has 0 spiro atoms. The lowest BCUT2D eigenvalue weighted by molar-refractivity contribution is -0.127. The Bertz CT molecular complexity index is 1230. The molecule has 0 aromatic heterocycles. The number of hydrogen-bond donors (Lipinski definition) is 1. The lowest BCUT2D eigenvalue weighted by Crippen LogP contribution is -2.34. The van der Waals surface area contributed by atoms with Crippen LogP contribution >= 0.6 is 0 Å². The van der Waals surface area contributed by atoms with E-state index in [1.54, 1.807) is 0 Å². The molecule has 1 saturated heterocycles. The highest BCUT2D eigenvalue weighted by atomic mass is 16.3. The zero-order chi connectivity index (χ0) is 28.5. The molecule has 2 aliphatic rings. The number of benzene rings is 2. The van der Waals surface area contributed by atoms with Gasteiger partial charge >= 0.3 is 0 Å². The average Bonchev–Trinajstić information content (AvgIpc) is 3.43. The van der Waals surface area contributed by atoms with Crippen molar-refractivity contribution in [3.8, 4) is 11.1 Å². The van der Waals surface area contributed by atoms with Crippen molar-refractivity contribution in [3.05, 3.63) is 59.2 Å². The fourth-order valence-corrected chi connectivity index (χ4v) is 5.45. The molecule has 7 heteroatoms. The van der Waals surface area contributed by atoms with Crippen molar-refractivity contribution in [1.82, 2.24) is 14.7 Å². The SMILES string of the molecule is CCCN(CCCO)C(=O)C1=Cc2ccc(-c3ccc(C(=O)N4CCCC4)cc3)cc2N=C(CCCN(C)C)C1. The molecule has 4 rings (SSSR count). The molecule has 2 aromatic carbocycles. The predicted molar refractivity (Wildman–Crippen MR) is 163 cm³/mol. The minimum absolute atomic E-state index is 0.0331. The summed E-state index contributed by atoms with van der Waals surface area (Å²) in [6.45, 7) is 6.01. The fourth-order valence-electron chi connectivity index (χ4n) is 5.45. The maximum absolute atomic E-state index is 13.6. The van der Waals surface area contributed by atoms with Crippen molar-refractivity contribution in [2.75, 3.05) is 53.4 Å². The lowest BCUT2D eigenvalue weighted by Gasteiger charge is -2.23. The Morgan fingerprint density at radius 3 is 2.35 bits per heavy atom. The van der Waals surface area contributed by atoms with Crippen molar-refractivity contribution in [1.29, 1.82) is 0 Å². The van der Waals surface area contributed by atoms with E-state index in [1.807, 2.05) is 46.2 Å². The number of likely N-dealkylation sites (tertiary alicyclic amines) is 1. The second-order valence-electron chi connectivity index (χ2n) is 11.2. The predicted octanol–water partition coefficient (Wildman–Crippen LogP) is 5.41. The van der Waals surface area contributed by atoms with Gasteiger partial charge in [0.05, 0.1) is 5.69 Å². The van der Waals surface area contributed by atoms with Crippen LogP contribution in [-0.2, 0) is 4.79 Å². The first kappa shape index (κ1) is 29.7. The molecule has 0 unspecified atom stereocenters. The van der Waals surface area contributed by atoms with Gasteiger partial charge < -0.3 is 19.8 Å². The standard InChI is InChI=1S/C33H44N4O3/c1-4-16-36(20-8-21-38)33(40)29-22-28-15-14-27(24-31(28)34-30(23-29)9-7-17-35(2)3)25-10-12-26(13-11-25)32(39)37-18-5-6-19-37/h10-15,22,24,38H,4-9,16-21,23H2,1-3H3. The zero-order valence-electron chi connectivity index (χ0n) is 24.4. The summed E-state index contributed by atoms with van der Waals surface area (Å²) < 4.78 is 0. The van der Waals surface area contributed by atoms with Gasteiger partial charge in [0, 0.05) is 61.6 Å². The molecule has 7 nitrogen and oxygen atoms in total. The van der Waals surface area contributed by atoms with E-state index >= 15 is 0 Å². The molecule has 0 radical (unpaired) electrons. The molecule has 0 saturated carbocycles. The molecule has 2 amide bonds. The molecule has 2 aliphatic heterocycles. The van der Waals surface area contributed by atoms with Crippen molar-refractivity contribution in [2.45, 2.75) is 51.9 Å². The number of fused-ring (bicyclic) bond motifs is 1. The van der Waals surface area contributed by atoms with Crippen LogP contribution in [0.2, 0.25) is 0 Å². The third kappa shape index (κ3) is 7.67. The highest BCUT2D eigenvalue weighted by Gasteiger charge is 2.23. The second-order valence-corrected chi connectivity index (χ2v) is 11.2. The number of aliphatic hydroxyl groups excluding tert-OH is 1. The third-order valence-corrected chi connectivity index (χ3v) is 7.60. The van der Waals surface area contributed by atoms with Gasteiger partial charge in [0.1, 0.15) is 0 Å². The zero-order valence-corrected chi connectivity index (χ0v) is 24.4. The van der Waals surface area contributed by atoms with Gasteiger partial charge in [0.15, 0.2) is 0 Å². The van der Waals surface area contributed by atoms with Crippen LogP contribution in [0.15, 0.2) is 53.0 Å². The molecule has 2 heterocycles. The van der Waals surface area contributed by atoms with E-state index in [4.69, 9.17) is 4.99 Å². The molecule has 0 atom stereocenters. The molecule has 2 aromatic rings. The minimum Gasteiger partial charge on any atom is -0.396 e. The number of aliphatic imine (C=N–C) groups is 1. The summed E-state index contributed by atoms with van der Waals surface area (Å²) in [5.41, 5.74) is 6.38. The molecule has 0 aliphatic carbocycles.